The third-order valence-electron chi connectivity index (χ3n) is 1.55. The van der Waals surface area contributed by atoms with E-state index in [0.717, 1.165) is 5.69 Å². The molecule has 0 atom stereocenters. The van der Waals surface area contributed by atoms with E-state index in [1.807, 2.05) is 6.07 Å². The number of hydrogen-bond donors (Lipinski definition) is 0. The molecule has 0 spiro atoms. The van der Waals surface area contributed by atoms with Crippen LogP contribution in [-0.2, 0) is 5.41 Å². The minimum Gasteiger partial charge on any atom is -0.229 e. The van der Waals surface area contributed by atoms with E-state index in [0.29, 0.717) is 5.82 Å². The number of aromatic nitrogens is 2. The van der Waals surface area contributed by atoms with Crippen molar-refractivity contribution in [3.05, 3.63) is 23.8 Å². The SMILES string of the molecule is C#Cc1nccc(C(C)(C)C)n1. The van der Waals surface area contributed by atoms with Crippen molar-refractivity contribution < 1.29 is 0 Å². The molecule has 0 fully saturated rings. The van der Waals surface area contributed by atoms with Gasteiger partial charge in [0.05, 0.1) is 5.69 Å². The molecular formula is C10H12N2. The summed E-state index contributed by atoms with van der Waals surface area (Å²) in [5, 5.41) is 0. The quantitative estimate of drug-likeness (QED) is 0.540. The van der Waals surface area contributed by atoms with Crippen LogP contribution in [0.1, 0.15) is 32.3 Å². The average Bonchev–Trinajstić information content (AvgIpc) is 2.03. The normalized spacial score (nSPS) is 10.8. The van der Waals surface area contributed by atoms with Crippen molar-refractivity contribution in [3.8, 4) is 12.3 Å². The van der Waals surface area contributed by atoms with Crippen LogP contribution in [0, 0.1) is 12.3 Å². The number of hydrogen-bond acceptors (Lipinski definition) is 2. The second-order valence-corrected chi connectivity index (χ2v) is 3.66. The largest absolute Gasteiger partial charge is 0.229 e. The van der Waals surface area contributed by atoms with Gasteiger partial charge in [0.25, 0.3) is 0 Å². The Morgan fingerprint density at radius 3 is 2.58 bits per heavy atom. The third-order valence-corrected chi connectivity index (χ3v) is 1.55. The highest BCUT2D eigenvalue weighted by Crippen LogP contribution is 2.18. The maximum atomic E-state index is 5.19. The summed E-state index contributed by atoms with van der Waals surface area (Å²) in [6.07, 6.45) is 6.88. The van der Waals surface area contributed by atoms with Crippen LogP contribution < -0.4 is 0 Å². The standard InChI is InChI=1S/C10H12N2/c1-5-9-11-7-6-8(12-9)10(2,3)4/h1,6-7H,2-4H3. The molecule has 0 unspecified atom stereocenters. The zero-order valence-corrected chi connectivity index (χ0v) is 7.63. The van der Waals surface area contributed by atoms with Gasteiger partial charge in [-0.2, -0.15) is 0 Å². The van der Waals surface area contributed by atoms with E-state index in [9.17, 15) is 0 Å². The Balaban J connectivity index is 3.13. The maximum absolute atomic E-state index is 5.19. The Morgan fingerprint density at radius 2 is 2.08 bits per heavy atom. The minimum absolute atomic E-state index is 0.0363. The molecule has 0 radical (unpaired) electrons. The predicted molar refractivity (Wildman–Crippen MR) is 48.7 cm³/mol. The molecule has 0 aliphatic carbocycles. The van der Waals surface area contributed by atoms with Gasteiger partial charge in [0, 0.05) is 11.6 Å². The number of nitrogens with zero attached hydrogens (tertiary/aromatic N) is 2. The van der Waals surface area contributed by atoms with Crippen LogP contribution >= 0.6 is 0 Å². The minimum atomic E-state index is 0.0363. The summed E-state index contributed by atoms with van der Waals surface area (Å²) in [4.78, 5) is 8.14. The zero-order valence-electron chi connectivity index (χ0n) is 7.63. The smallest absolute Gasteiger partial charge is 0.204 e. The molecule has 2 nitrogen and oxygen atoms in total. The molecular weight excluding hydrogens is 148 g/mol. The molecule has 0 saturated heterocycles. The average molecular weight is 160 g/mol. The molecule has 0 N–H and O–H groups in total. The first-order valence-corrected chi connectivity index (χ1v) is 3.84. The van der Waals surface area contributed by atoms with Crippen molar-refractivity contribution >= 4 is 0 Å². The van der Waals surface area contributed by atoms with Gasteiger partial charge in [0.15, 0.2) is 0 Å². The van der Waals surface area contributed by atoms with Crippen LogP contribution in [0.25, 0.3) is 0 Å². The molecule has 0 aliphatic heterocycles. The van der Waals surface area contributed by atoms with E-state index in [2.05, 4.69) is 36.7 Å². The van der Waals surface area contributed by atoms with Gasteiger partial charge in [0.2, 0.25) is 5.82 Å². The van der Waals surface area contributed by atoms with E-state index in [1.54, 1.807) is 6.20 Å². The van der Waals surface area contributed by atoms with Crippen LogP contribution in [0.3, 0.4) is 0 Å². The highest BCUT2D eigenvalue weighted by atomic mass is 14.9. The molecule has 0 aromatic carbocycles. The molecule has 1 heterocycles. The van der Waals surface area contributed by atoms with Crippen molar-refractivity contribution in [2.45, 2.75) is 26.2 Å². The topological polar surface area (TPSA) is 25.8 Å². The Kier molecular flexibility index (Phi) is 2.14. The first-order valence-electron chi connectivity index (χ1n) is 3.84. The van der Waals surface area contributed by atoms with Crippen molar-refractivity contribution in [2.75, 3.05) is 0 Å². The highest BCUT2D eigenvalue weighted by Gasteiger charge is 2.15. The van der Waals surface area contributed by atoms with Crippen LogP contribution in [0.5, 0.6) is 0 Å². The Labute approximate surface area is 73.1 Å². The summed E-state index contributed by atoms with van der Waals surface area (Å²) in [6, 6.07) is 1.89. The Hall–Kier alpha value is -1.36. The molecule has 1 rings (SSSR count). The fourth-order valence-corrected chi connectivity index (χ4v) is 0.846. The van der Waals surface area contributed by atoms with Gasteiger partial charge in [-0.05, 0) is 12.0 Å². The second-order valence-electron chi connectivity index (χ2n) is 3.66. The maximum Gasteiger partial charge on any atom is 0.204 e. The van der Waals surface area contributed by atoms with Gasteiger partial charge in [0.1, 0.15) is 0 Å². The lowest BCUT2D eigenvalue weighted by Crippen LogP contribution is -2.14. The van der Waals surface area contributed by atoms with E-state index in [4.69, 9.17) is 6.42 Å². The number of terminal acetylenes is 1. The van der Waals surface area contributed by atoms with Crippen molar-refractivity contribution in [2.24, 2.45) is 0 Å². The highest BCUT2D eigenvalue weighted by molar-refractivity contribution is 5.20. The van der Waals surface area contributed by atoms with E-state index in [1.165, 1.54) is 0 Å². The van der Waals surface area contributed by atoms with Crippen molar-refractivity contribution in [1.29, 1.82) is 0 Å². The monoisotopic (exact) mass is 160 g/mol. The van der Waals surface area contributed by atoms with E-state index < -0.39 is 0 Å². The van der Waals surface area contributed by atoms with Crippen molar-refractivity contribution in [1.82, 2.24) is 9.97 Å². The summed E-state index contributed by atoms with van der Waals surface area (Å²) >= 11 is 0. The molecule has 0 amide bonds. The molecule has 12 heavy (non-hydrogen) atoms. The van der Waals surface area contributed by atoms with Gasteiger partial charge in [-0.15, -0.1) is 6.42 Å². The third kappa shape index (κ3) is 1.82. The van der Waals surface area contributed by atoms with Gasteiger partial charge < -0.3 is 0 Å². The molecule has 2 heteroatoms. The number of rotatable bonds is 0. The fourth-order valence-electron chi connectivity index (χ4n) is 0.846. The van der Waals surface area contributed by atoms with Crippen LogP contribution in [-0.4, -0.2) is 9.97 Å². The lowest BCUT2D eigenvalue weighted by molar-refractivity contribution is 0.566. The van der Waals surface area contributed by atoms with E-state index in [-0.39, 0.29) is 5.41 Å². The summed E-state index contributed by atoms with van der Waals surface area (Å²) in [5.74, 6) is 2.88. The van der Waals surface area contributed by atoms with Gasteiger partial charge in [-0.25, -0.2) is 9.97 Å². The fraction of sp³-hybridized carbons (Fsp3) is 0.400. The Bertz CT molecular complexity index is 315. The van der Waals surface area contributed by atoms with Gasteiger partial charge in [-0.3, -0.25) is 0 Å². The van der Waals surface area contributed by atoms with Crippen LogP contribution in [0.4, 0.5) is 0 Å². The van der Waals surface area contributed by atoms with Crippen LogP contribution in [0.15, 0.2) is 12.3 Å². The molecule has 0 bridgehead atoms. The first kappa shape index (κ1) is 8.73. The summed E-state index contributed by atoms with van der Waals surface area (Å²) in [7, 11) is 0. The summed E-state index contributed by atoms with van der Waals surface area (Å²) in [5.41, 5.74) is 1.01. The second kappa shape index (κ2) is 2.94. The lowest BCUT2D eigenvalue weighted by atomic mass is 9.92. The predicted octanol–water partition coefficient (Wildman–Crippen LogP) is 1.76. The van der Waals surface area contributed by atoms with Gasteiger partial charge in [-0.1, -0.05) is 20.8 Å². The zero-order chi connectivity index (χ0) is 9.19. The van der Waals surface area contributed by atoms with Crippen LogP contribution in [0.2, 0.25) is 0 Å². The first-order chi connectivity index (χ1) is 5.54. The summed E-state index contributed by atoms with van der Waals surface area (Å²) < 4.78 is 0. The molecule has 62 valence electrons. The van der Waals surface area contributed by atoms with Gasteiger partial charge >= 0.3 is 0 Å². The molecule has 0 aliphatic rings. The Morgan fingerprint density at radius 1 is 1.42 bits per heavy atom. The molecule has 0 saturated carbocycles. The molecule has 1 aromatic rings. The molecule has 1 aromatic heterocycles. The summed E-state index contributed by atoms with van der Waals surface area (Å²) in [6.45, 7) is 6.28. The van der Waals surface area contributed by atoms with E-state index >= 15 is 0 Å². The van der Waals surface area contributed by atoms with Crippen molar-refractivity contribution in [3.63, 3.8) is 0 Å². The lowest BCUT2D eigenvalue weighted by Gasteiger charge is -2.16.